The van der Waals surface area contributed by atoms with Crippen LogP contribution in [-0.2, 0) is 0 Å². The molecule has 1 N–H and O–H groups in total. The number of hydrogen-bond acceptors (Lipinski definition) is 6. The number of pyridine rings is 1. The first-order valence-electron chi connectivity index (χ1n) is 10.3. The van der Waals surface area contributed by atoms with Gasteiger partial charge in [0.05, 0.1) is 17.1 Å². The van der Waals surface area contributed by atoms with Crippen molar-refractivity contribution in [3.8, 4) is 17.5 Å². The van der Waals surface area contributed by atoms with Crippen LogP contribution in [0.15, 0.2) is 58.8 Å². The Hall–Kier alpha value is -3.64. The summed E-state index contributed by atoms with van der Waals surface area (Å²) in [6.07, 6.45) is 5.11. The normalized spacial score (nSPS) is 17.8. The molecule has 0 bridgehead atoms. The molecule has 3 aliphatic rings. The minimum absolute atomic E-state index is 0.0473. The lowest BCUT2D eigenvalue weighted by molar-refractivity contribution is 0.189. The molecule has 1 atom stereocenters. The summed E-state index contributed by atoms with van der Waals surface area (Å²) in [6.45, 7) is 6.22. The second-order valence-electron chi connectivity index (χ2n) is 7.82. The van der Waals surface area contributed by atoms with Gasteiger partial charge in [-0.25, -0.2) is 15.0 Å². The molecule has 0 amide bonds. The molecule has 1 aromatic rings. The van der Waals surface area contributed by atoms with E-state index < -0.39 is 0 Å². The summed E-state index contributed by atoms with van der Waals surface area (Å²) < 4.78 is 1.05. The van der Waals surface area contributed by atoms with Crippen LogP contribution in [0.2, 0.25) is 5.28 Å². The summed E-state index contributed by atoms with van der Waals surface area (Å²) in [5.74, 6) is 1.39. The van der Waals surface area contributed by atoms with Crippen LogP contribution in [0.4, 0.5) is 5.82 Å². The summed E-state index contributed by atoms with van der Waals surface area (Å²) in [4.78, 5) is 21.3. The van der Waals surface area contributed by atoms with Gasteiger partial charge in [-0.1, -0.05) is 19.9 Å². The van der Waals surface area contributed by atoms with E-state index in [1.54, 1.807) is 24.5 Å². The van der Waals surface area contributed by atoms with Crippen LogP contribution in [0.5, 0.6) is 0 Å². The van der Waals surface area contributed by atoms with Gasteiger partial charge in [0.25, 0.3) is 0 Å². The molecule has 2 aliphatic heterocycles. The summed E-state index contributed by atoms with van der Waals surface area (Å²) in [5.41, 5.74) is 1.38. The number of aromatic nitrogens is 3. The molecule has 1 saturated heterocycles. The molecule has 0 saturated carbocycles. The van der Waals surface area contributed by atoms with Crippen LogP contribution in [0.3, 0.4) is 0 Å². The fourth-order valence-corrected chi connectivity index (χ4v) is 4.10. The number of anilines is 1. The molecule has 0 spiro atoms. The van der Waals surface area contributed by atoms with Gasteiger partial charge in [-0.3, -0.25) is 0 Å². The minimum Gasteiger partial charge on any atom is -0.428 e. The predicted octanol–water partition coefficient (Wildman–Crippen LogP) is 2.86. The Bertz CT molecular complexity index is 1210. The molecule has 1 unspecified atom stereocenters. The highest BCUT2D eigenvalue weighted by Crippen LogP contribution is 2.23. The van der Waals surface area contributed by atoms with E-state index in [1.165, 1.54) is 0 Å². The third-order valence-corrected chi connectivity index (χ3v) is 5.73. The zero-order chi connectivity index (χ0) is 22.7. The molecule has 9 nitrogen and oxygen atoms in total. The standard InChI is InChI=1S/C22H23ClN8O/c1-15(2)19-13-29(20-8-9-25-21(23)28-20)11-12-30(19)22(26-14-24)27-17-6-3-7-18-16(17)5-4-10-31(18)32/h3-10,15,19,32H,11-13H2,1-2H3. The smallest absolute Gasteiger partial charge is 0.237 e. The van der Waals surface area contributed by atoms with E-state index in [2.05, 4.69) is 38.6 Å². The molecule has 0 aromatic carbocycles. The fourth-order valence-electron chi connectivity index (χ4n) is 3.96. The van der Waals surface area contributed by atoms with E-state index in [-0.39, 0.29) is 17.2 Å². The number of aliphatic imine (C=N–C) groups is 1. The number of rotatable bonds is 2. The average molecular weight is 451 g/mol. The van der Waals surface area contributed by atoms with Crippen LogP contribution >= 0.6 is 11.6 Å². The van der Waals surface area contributed by atoms with Crippen LogP contribution in [0.25, 0.3) is 11.3 Å². The first kappa shape index (κ1) is 21.6. The third kappa shape index (κ3) is 4.36. The highest BCUT2D eigenvalue weighted by molar-refractivity contribution is 6.28. The number of nitriles is 1. The molecular weight excluding hydrogens is 428 g/mol. The number of fused-ring (bicyclic) bond motifs is 1. The van der Waals surface area contributed by atoms with Crippen molar-refractivity contribution in [2.24, 2.45) is 15.9 Å². The van der Waals surface area contributed by atoms with Gasteiger partial charge in [0.1, 0.15) is 5.82 Å². The molecule has 4 rings (SSSR count). The van der Waals surface area contributed by atoms with Crippen LogP contribution < -0.4 is 10.3 Å². The molecule has 3 heterocycles. The topological polar surface area (TPSA) is 106 Å². The van der Waals surface area contributed by atoms with Gasteiger partial charge < -0.3 is 15.0 Å². The minimum atomic E-state index is 0.0473. The maximum Gasteiger partial charge on any atom is 0.237 e. The summed E-state index contributed by atoms with van der Waals surface area (Å²) >= 11 is 5.98. The van der Waals surface area contributed by atoms with Crippen molar-refractivity contribution in [3.63, 3.8) is 0 Å². The Morgan fingerprint density at radius 1 is 1.25 bits per heavy atom. The molecule has 1 aromatic heterocycles. The van der Waals surface area contributed by atoms with Crippen molar-refractivity contribution in [1.29, 1.82) is 5.26 Å². The number of piperazine rings is 1. The van der Waals surface area contributed by atoms with Crippen molar-refractivity contribution in [1.82, 2.24) is 19.6 Å². The predicted molar refractivity (Wildman–Crippen MR) is 121 cm³/mol. The van der Waals surface area contributed by atoms with Gasteiger partial charge in [-0.05, 0) is 47.9 Å². The SMILES string of the molecule is CC(C)C1CN(c2ccnc(Cl)n2)CCN1C(=NC#N)N=c1cccc2n(O)cccc1-2. The quantitative estimate of drug-likeness (QED) is 0.211. The first-order chi connectivity index (χ1) is 15.5. The summed E-state index contributed by atoms with van der Waals surface area (Å²) in [6, 6.07) is 11.0. The number of benzene rings is 1. The second kappa shape index (κ2) is 9.24. The largest absolute Gasteiger partial charge is 0.428 e. The summed E-state index contributed by atoms with van der Waals surface area (Å²) in [5, 5.41) is 20.3. The third-order valence-electron chi connectivity index (χ3n) is 5.55. The monoisotopic (exact) mass is 450 g/mol. The Kier molecular flexibility index (Phi) is 6.23. The van der Waals surface area contributed by atoms with Gasteiger partial charge in [0, 0.05) is 37.6 Å². The Morgan fingerprint density at radius 3 is 2.84 bits per heavy atom. The highest BCUT2D eigenvalue weighted by Gasteiger charge is 2.32. The Labute approximate surface area is 190 Å². The highest BCUT2D eigenvalue weighted by atomic mass is 35.5. The van der Waals surface area contributed by atoms with Gasteiger partial charge in [-0.2, -0.15) is 9.99 Å². The maximum absolute atomic E-state index is 10.1. The first-order valence-corrected chi connectivity index (χ1v) is 10.7. The van der Waals surface area contributed by atoms with Gasteiger partial charge >= 0.3 is 0 Å². The van der Waals surface area contributed by atoms with Crippen LogP contribution in [0, 0.1) is 17.4 Å². The molecule has 1 aliphatic carbocycles. The lowest BCUT2D eigenvalue weighted by Gasteiger charge is -2.44. The molecule has 1 fully saturated rings. The van der Waals surface area contributed by atoms with E-state index in [0.29, 0.717) is 36.6 Å². The van der Waals surface area contributed by atoms with E-state index >= 15 is 0 Å². The second-order valence-corrected chi connectivity index (χ2v) is 8.16. The van der Waals surface area contributed by atoms with Crippen molar-refractivity contribution in [3.05, 3.63) is 59.4 Å². The Balaban J connectivity index is 1.70. The number of guanidine groups is 1. The van der Waals surface area contributed by atoms with Crippen LogP contribution in [-0.4, -0.2) is 56.4 Å². The fraction of sp³-hybridized carbons (Fsp3) is 0.318. The van der Waals surface area contributed by atoms with E-state index in [4.69, 9.17) is 16.6 Å². The Morgan fingerprint density at radius 2 is 2.09 bits per heavy atom. The van der Waals surface area contributed by atoms with Gasteiger partial charge in [0.2, 0.25) is 17.4 Å². The molecule has 32 heavy (non-hydrogen) atoms. The average Bonchev–Trinajstić information content (AvgIpc) is 2.79. The lowest BCUT2D eigenvalue weighted by Crippen LogP contribution is -2.57. The lowest BCUT2D eigenvalue weighted by atomic mass is 10.00. The van der Waals surface area contributed by atoms with Crippen molar-refractivity contribution in [2.45, 2.75) is 19.9 Å². The number of nitrogens with zero attached hydrogens (tertiary/aromatic N) is 8. The van der Waals surface area contributed by atoms with Crippen LogP contribution in [0.1, 0.15) is 13.8 Å². The van der Waals surface area contributed by atoms with E-state index in [9.17, 15) is 10.5 Å². The summed E-state index contributed by atoms with van der Waals surface area (Å²) in [7, 11) is 0. The molecule has 164 valence electrons. The number of halogens is 1. The molecule has 0 radical (unpaired) electrons. The van der Waals surface area contributed by atoms with E-state index in [0.717, 1.165) is 16.1 Å². The van der Waals surface area contributed by atoms with Gasteiger partial charge in [-0.15, -0.1) is 4.99 Å². The van der Waals surface area contributed by atoms with Crippen molar-refractivity contribution in [2.75, 3.05) is 24.5 Å². The van der Waals surface area contributed by atoms with Gasteiger partial charge in [0.15, 0.2) is 0 Å². The van der Waals surface area contributed by atoms with E-state index in [1.807, 2.05) is 30.5 Å². The van der Waals surface area contributed by atoms with Crippen molar-refractivity contribution < 1.29 is 5.21 Å². The van der Waals surface area contributed by atoms with Crippen molar-refractivity contribution >= 4 is 23.4 Å². The molecule has 10 heteroatoms. The molecular formula is C22H23ClN8O. The number of hydrogen-bond donors (Lipinski definition) is 1. The zero-order valence-electron chi connectivity index (χ0n) is 17.8. The zero-order valence-corrected chi connectivity index (χ0v) is 18.6. The maximum atomic E-state index is 10.1.